The van der Waals surface area contributed by atoms with Crippen LogP contribution in [0.3, 0.4) is 0 Å². The molecular weight excluding hydrogens is 359 g/mol. The molecule has 0 saturated carbocycles. The van der Waals surface area contributed by atoms with Crippen molar-refractivity contribution in [3.8, 4) is 0 Å². The quantitative estimate of drug-likeness (QED) is 0.383. The minimum atomic E-state index is -0.217. The Morgan fingerprint density at radius 1 is 1.03 bits per heavy atom. The van der Waals surface area contributed by atoms with E-state index in [0.717, 1.165) is 16.6 Å². The molecule has 2 heterocycles. The Morgan fingerprint density at radius 2 is 1.79 bits per heavy atom. The molecule has 0 fully saturated rings. The van der Waals surface area contributed by atoms with Crippen molar-refractivity contribution in [1.82, 2.24) is 9.55 Å². The average molecular weight is 387 g/mol. The van der Waals surface area contributed by atoms with E-state index in [9.17, 15) is 4.39 Å². The predicted molar refractivity (Wildman–Crippen MR) is 118 cm³/mol. The van der Waals surface area contributed by atoms with E-state index in [1.807, 2.05) is 24.3 Å². The van der Waals surface area contributed by atoms with E-state index in [1.165, 1.54) is 16.7 Å². The van der Waals surface area contributed by atoms with Crippen LogP contribution in [0.1, 0.15) is 43.2 Å². The summed E-state index contributed by atoms with van der Waals surface area (Å²) in [5, 5.41) is 1.10. The molecule has 3 heteroatoms. The second-order valence-electron chi connectivity index (χ2n) is 8.38. The Bertz CT molecular complexity index is 1130. The first-order valence-corrected chi connectivity index (χ1v) is 10.2. The molecule has 0 aliphatic rings. The van der Waals surface area contributed by atoms with Crippen molar-refractivity contribution in [2.45, 2.75) is 39.7 Å². The summed E-state index contributed by atoms with van der Waals surface area (Å²) in [6, 6.07) is 19.8. The standard InChI is InChI=1S/C26H27FN2/c1-18(2)26(4,20-10-8-19(3)9-11-20)24-17-29(16-22-7-5-6-14-28-22)25-15-21(27)12-13-23(24)25/h5-15,17-18H,16H2,1-4H3. The van der Waals surface area contributed by atoms with Crippen molar-refractivity contribution in [2.75, 3.05) is 0 Å². The molecule has 0 saturated heterocycles. The molecule has 1 atom stereocenters. The van der Waals surface area contributed by atoms with E-state index in [1.54, 1.807) is 18.3 Å². The molecule has 148 valence electrons. The number of fused-ring (bicyclic) bond motifs is 1. The highest BCUT2D eigenvalue weighted by Crippen LogP contribution is 2.43. The molecule has 2 aromatic heterocycles. The first-order valence-electron chi connectivity index (χ1n) is 10.2. The molecule has 2 aromatic carbocycles. The molecular formula is C26H27FN2. The van der Waals surface area contributed by atoms with Gasteiger partial charge in [-0.2, -0.15) is 0 Å². The Morgan fingerprint density at radius 3 is 2.45 bits per heavy atom. The third-order valence-corrected chi connectivity index (χ3v) is 6.27. The normalized spacial score (nSPS) is 13.7. The molecule has 0 bridgehead atoms. The minimum absolute atomic E-state index is 0.195. The van der Waals surface area contributed by atoms with Gasteiger partial charge in [0.25, 0.3) is 0 Å². The number of aryl methyl sites for hydroxylation is 1. The van der Waals surface area contributed by atoms with Crippen molar-refractivity contribution >= 4 is 10.9 Å². The molecule has 29 heavy (non-hydrogen) atoms. The molecule has 0 amide bonds. The van der Waals surface area contributed by atoms with E-state index in [-0.39, 0.29) is 11.2 Å². The van der Waals surface area contributed by atoms with Gasteiger partial charge in [-0.25, -0.2) is 4.39 Å². The number of rotatable bonds is 5. The second-order valence-corrected chi connectivity index (χ2v) is 8.38. The number of pyridine rings is 1. The molecule has 0 spiro atoms. The molecule has 0 aliphatic carbocycles. The van der Waals surface area contributed by atoms with E-state index in [4.69, 9.17) is 0 Å². The highest BCUT2D eigenvalue weighted by atomic mass is 19.1. The van der Waals surface area contributed by atoms with Gasteiger partial charge in [-0.1, -0.05) is 56.7 Å². The summed E-state index contributed by atoms with van der Waals surface area (Å²) in [7, 11) is 0. The van der Waals surface area contributed by atoms with Crippen LogP contribution in [0.2, 0.25) is 0 Å². The van der Waals surface area contributed by atoms with Gasteiger partial charge in [0.2, 0.25) is 0 Å². The third kappa shape index (κ3) is 3.46. The third-order valence-electron chi connectivity index (χ3n) is 6.27. The fraction of sp³-hybridized carbons (Fsp3) is 0.269. The van der Waals surface area contributed by atoms with Crippen molar-refractivity contribution in [1.29, 1.82) is 0 Å². The van der Waals surface area contributed by atoms with Crippen LogP contribution in [0.4, 0.5) is 4.39 Å². The van der Waals surface area contributed by atoms with E-state index < -0.39 is 0 Å². The SMILES string of the molecule is Cc1ccc(C(C)(c2cn(Cc3ccccn3)c3cc(F)ccc23)C(C)C)cc1. The zero-order valence-electron chi connectivity index (χ0n) is 17.5. The highest BCUT2D eigenvalue weighted by Gasteiger charge is 2.35. The van der Waals surface area contributed by atoms with Crippen LogP contribution < -0.4 is 0 Å². The molecule has 1 unspecified atom stereocenters. The molecule has 0 N–H and O–H groups in total. The van der Waals surface area contributed by atoms with Crippen LogP contribution in [0.15, 0.2) is 73.1 Å². The van der Waals surface area contributed by atoms with Crippen molar-refractivity contribution in [3.05, 3.63) is 101 Å². The number of halogens is 1. The van der Waals surface area contributed by atoms with Crippen LogP contribution in [-0.2, 0) is 12.0 Å². The average Bonchev–Trinajstić information content (AvgIpc) is 3.06. The Balaban J connectivity index is 1.93. The maximum atomic E-state index is 14.2. The van der Waals surface area contributed by atoms with Crippen LogP contribution >= 0.6 is 0 Å². The van der Waals surface area contributed by atoms with Gasteiger partial charge >= 0.3 is 0 Å². The lowest BCUT2D eigenvalue weighted by molar-refractivity contribution is 0.407. The van der Waals surface area contributed by atoms with Gasteiger partial charge in [-0.15, -0.1) is 0 Å². The first kappa shape index (κ1) is 19.4. The number of hydrogen-bond acceptors (Lipinski definition) is 1. The summed E-state index contributed by atoms with van der Waals surface area (Å²) in [4.78, 5) is 4.46. The van der Waals surface area contributed by atoms with E-state index >= 15 is 0 Å². The Labute approximate surface area is 172 Å². The molecule has 0 radical (unpaired) electrons. The minimum Gasteiger partial charge on any atom is -0.341 e. The lowest BCUT2D eigenvalue weighted by Gasteiger charge is -2.35. The van der Waals surface area contributed by atoms with Crippen molar-refractivity contribution in [3.63, 3.8) is 0 Å². The zero-order chi connectivity index (χ0) is 20.6. The topological polar surface area (TPSA) is 17.8 Å². The van der Waals surface area contributed by atoms with Crippen LogP contribution in [0.5, 0.6) is 0 Å². The summed E-state index contributed by atoms with van der Waals surface area (Å²) < 4.78 is 16.3. The van der Waals surface area contributed by atoms with Gasteiger partial charge in [-0.05, 0) is 54.3 Å². The van der Waals surface area contributed by atoms with Gasteiger partial charge in [0.15, 0.2) is 0 Å². The van der Waals surface area contributed by atoms with E-state index in [2.05, 4.69) is 67.7 Å². The molecule has 0 aliphatic heterocycles. The van der Waals surface area contributed by atoms with Crippen molar-refractivity contribution < 1.29 is 4.39 Å². The summed E-state index contributed by atoms with van der Waals surface area (Å²) >= 11 is 0. The maximum absolute atomic E-state index is 14.2. The summed E-state index contributed by atoms with van der Waals surface area (Å²) in [5.41, 5.74) is 5.42. The fourth-order valence-electron chi connectivity index (χ4n) is 4.18. The lowest BCUT2D eigenvalue weighted by Crippen LogP contribution is -2.30. The van der Waals surface area contributed by atoms with Crippen LogP contribution in [0, 0.1) is 18.7 Å². The van der Waals surface area contributed by atoms with Gasteiger partial charge in [-0.3, -0.25) is 4.98 Å². The largest absolute Gasteiger partial charge is 0.341 e. The Hall–Kier alpha value is -2.94. The predicted octanol–water partition coefficient (Wildman–Crippen LogP) is 6.49. The number of hydrogen-bond donors (Lipinski definition) is 0. The van der Waals surface area contributed by atoms with Crippen LogP contribution in [0.25, 0.3) is 10.9 Å². The summed E-state index contributed by atoms with van der Waals surface area (Å²) in [5.74, 6) is 0.148. The lowest BCUT2D eigenvalue weighted by atomic mass is 9.68. The molecule has 4 aromatic rings. The number of aromatic nitrogens is 2. The number of benzene rings is 2. The van der Waals surface area contributed by atoms with Gasteiger partial charge in [0, 0.05) is 23.2 Å². The molecule has 4 rings (SSSR count). The number of nitrogens with zero attached hydrogens (tertiary/aromatic N) is 2. The maximum Gasteiger partial charge on any atom is 0.125 e. The summed E-state index contributed by atoms with van der Waals surface area (Å²) in [6.45, 7) is 9.53. The van der Waals surface area contributed by atoms with Gasteiger partial charge in [0.05, 0.1) is 17.8 Å². The smallest absolute Gasteiger partial charge is 0.125 e. The van der Waals surface area contributed by atoms with Gasteiger partial charge < -0.3 is 4.57 Å². The van der Waals surface area contributed by atoms with Crippen molar-refractivity contribution in [2.24, 2.45) is 5.92 Å². The van der Waals surface area contributed by atoms with E-state index in [0.29, 0.717) is 12.5 Å². The second kappa shape index (κ2) is 7.47. The molecule has 2 nitrogen and oxygen atoms in total. The fourth-order valence-corrected chi connectivity index (χ4v) is 4.18. The summed E-state index contributed by atoms with van der Waals surface area (Å²) in [6.07, 6.45) is 3.99. The Kier molecular flexibility index (Phi) is 4.99. The first-order chi connectivity index (χ1) is 13.9. The van der Waals surface area contributed by atoms with Crippen LogP contribution in [-0.4, -0.2) is 9.55 Å². The zero-order valence-corrected chi connectivity index (χ0v) is 17.5. The monoisotopic (exact) mass is 386 g/mol. The highest BCUT2D eigenvalue weighted by molar-refractivity contribution is 5.86. The van der Waals surface area contributed by atoms with Gasteiger partial charge in [0.1, 0.15) is 5.82 Å².